The topological polar surface area (TPSA) is 110 Å². The molecule has 4 rings (SSSR count). The zero-order chi connectivity index (χ0) is 33.3. The van der Waals surface area contributed by atoms with Crippen molar-refractivity contribution in [1.29, 1.82) is 0 Å². The van der Waals surface area contributed by atoms with Crippen molar-refractivity contribution in [3.8, 4) is 5.75 Å². The lowest BCUT2D eigenvalue weighted by Crippen LogP contribution is -2.41. The van der Waals surface area contributed by atoms with Gasteiger partial charge < -0.3 is 30.6 Å². The monoisotopic (exact) mass is 646 g/mol. The van der Waals surface area contributed by atoms with Gasteiger partial charge in [-0.25, -0.2) is 0 Å². The zero-order valence-corrected chi connectivity index (χ0v) is 28.7. The number of rotatable bonds is 21. The molecule has 1 fully saturated rings. The highest BCUT2D eigenvalue weighted by molar-refractivity contribution is 5.87. The van der Waals surface area contributed by atoms with Gasteiger partial charge in [0.2, 0.25) is 5.56 Å². The van der Waals surface area contributed by atoms with Crippen molar-refractivity contribution in [3.63, 3.8) is 0 Å². The van der Waals surface area contributed by atoms with E-state index >= 15 is 0 Å². The summed E-state index contributed by atoms with van der Waals surface area (Å²) in [5.41, 5.74) is 1.42. The molecule has 1 atom stereocenters. The second kappa shape index (κ2) is 19.5. The van der Waals surface area contributed by atoms with Gasteiger partial charge in [0.05, 0.1) is 12.1 Å². The molecule has 0 radical (unpaired) electrons. The third-order valence-electron chi connectivity index (χ3n) is 9.69. The van der Waals surface area contributed by atoms with Crippen molar-refractivity contribution >= 4 is 10.9 Å². The molecule has 1 heterocycles. The minimum Gasteiger partial charge on any atom is -0.506 e. The number of phenolic OH excluding ortho intramolecular Hbond substituents is 1. The van der Waals surface area contributed by atoms with Crippen LogP contribution < -0.4 is 16.2 Å². The molecule has 8 heteroatoms. The maximum atomic E-state index is 12.0. The number of aliphatic hydroxyl groups is 1. The van der Waals surface area contributed by atoms with Crippen LogP contribution in [0.3, 0.4) is 0 Å². The summed E-state index contributed by atoms with van der Waals surface area (Å²) in [6.45, 7) is 3.89. The molecular weight excluding hydrogens is 588 g/mol. The van der Waals surface area contributed by atoms with Gasteiger partial charge in [-0.3, -0.25) is 9.69 Å². The van der Waals surface area contributed by atoms with Gasteiger partial charge >= 0.3 is 0 Å². The Morgan fingerprint density at radius 1 is 0.957 bits per heavy atom. The molecule has 1 saturated carbocycles. The minimum atomic E-state index is -0.976. The van der Waals surface area contributed by atoms with Gasteiger partial charge in [0.15, 0.2) is 0 Å². The smallest absolute Gasteiger partial charge is 0.248 e. The van der Waals surface area contributed by atoms with Crippen LogP contribution in [0.25, 0.3) is 10.9 Å². The van der Waals surface area contributed by atoms with E-state index < -0.39 is 5.60 Å². The van der Waals surface area contributed by atoms with Crippen LogP contribution in [0, 0.1) is 5.92 Å². The summed E-state index contributed by atoms with van der Waals surface area (Å²) in [7, 11) is 4.05. The number of hydrogen-bond donors (Lipinski definition) is 5. The van der Waals surface area contributed by atoms with Crippen molar-refractivity contribution in [3.05, 3.63) is 88.0 Å². The van der Waals surface area contributed by atoms with Crippen LogP contribution in [-0.2, 0) is 16.8 Å². The Hall–Kier alpha value is -3.33. The number of benzene rings is 2. The molecule has 3 aromatic rings. The maximum Gasteiger partial charge on any atom is 0.248 e. The van der Waals surface area contributed by atoms with E-state index in [-0.39, 0.29) is 23.8 Å². The van der Waals surface area contributed by atoms with Crippen LogP contribution in [0.15, 0.2) is 71.4 Å². The fourth-order valence-electron chi connectivity index (χ4n) is 6.96. The number of unbranched alkanes of at least 4 members (excludes halogenated alkanes) is 6. The number of H-pyrrole nitrogens is 1. The number of pyridine rings is 1. The number of aromatic amines is 1. The van der Waals surface area contributed by atoms with Crippen molar-refractivity contribution in [2.45, 2.75) is 89.1 Å². The van der Waals surface area contributed by atoms with E-state index in [1.165, 1.54) is 70.3 Å². The van der Waals surface area contributed by atoms with Gasteiger partial charge in [0.1, 0.15) is 23.7 Å². The zero-order valence-electron chi connectivity index (χ0n) is 28.7. The van der Waals surface area contributed by atoms with Crippen molar-refractivity contribution in [1.82, 2.24) is 20.5 Å². The van der Waals surface area contributed by atoms with Gasteiger partial charge in [-0.05, 0) is 88.0 Å². The molecular formula is C39H58N4O4. The third kappa shape index (κ3) is 11.4. The van der Waals surface area contributed by atoms with E-state index in [0.717, 1.165) is 61.2 Å². The molecule has 1 aliphatic rings. The second-order valence-electron chi connectivity index (χ2n) is 13.4. The Morgan fingerprint density at radius 2 is 1.68 bits per heavy atom. The number of nitrogens with zero attached hydrogens (tertiary/aromatic N) is 1. The van der Waals surface area contributed by atoms with E-state index in [2.05, 4.69) is 27.6 Å². The van der Waals surface area contributed by atoms with E-state index in [4.69, 9.17) is 4.74 Å². The predicted octanol–water partition coefficient (Wildman–Crippen LogP) is 6.57. The predicted molar refractivity (Wildman–Crippen MR) is 193 cm³/mol. The van der Waals surface area contributed by atoms with Gasteiger partial charge in [0.25, 0.3) is 0 Å². The first-order valence-electron chi connectivity index (χ1n) is 17.9. The SMILES string of the molecule is CN/C=C(/CN(C)CCCCCCCCCNCCc1ccc(O)c2[nH]c(=O)ccc12)OCC(O)(c1ccccc1)C1CCCCC1. The van der Waals surface area contributed by atoms with Crippen LogP contribution in [0.5, 0.6) is 5.75 Å². The largest absolute Gasteiger partial charge is 0.506 e. The maximum absolute atomic E-state index is 12.0. The minimum absolute atomic E-state index is 0.112. The van der Waals surface area contributed by atoms with Crippen molar-refractivity contribution in [2.75, 3.05) is 46.9 Å². The number of nitrogens with one attached hydrogen (secondary N) is 3. The van der Waals surface area contributed by atoms with Gasteiger partial charge in [-0.15, -0.1) is 0 Å². The number of fused-ring (bicyclic) bond motifs is 1. The molecule has 1 aromatic heterocycles. The first kappa shape index (κ1) is 36.5. The summed E-state index contributed by atoms with van der Waals surface area (Å²) in [5, 5.41) is 29.6. The molecule has 2 aromatic carbocycles. The molecule has 1 unspecified atom stereocenters. The van der Waals surface area contributed by atoms with Gasteiger partial charge in [0, 0.05) is 24.7 Å². The van der Waals surface area contributed by atoms with Gasteiger partial charge in [-0.1, -0.05) is 87.8 Å². The number of phenols is 1. The molecule has 258 valence electrons. The lowest BCUT2D eigenvalue weighted by molar-refractivity contribution is -0.0884. The first-order valence-corrected chi connectivity index (χ1v) is 17.9. The average molecular weight is 647 g/mol. The van der Waals surface area contributed by atoms with Crippen LogP contribution >= 0.6 is 0 Å². The summed E-state index contributed by atoms with van der Waals surface area (Å²) in [5.74, 6) is 1.19. The van der Waals surface area contributed by atoms with E-state index in [0.29, 0.717) is 12.1 Å². The molecule has 0 spiro atoms. The highest BCUT2D eigenvalue weighted by Crippen LogP contribution is 2.40. The number of hydrogen-bond acceptors (Lipinski definition) is 7. The number of aromatic nitrogens is 1. The van der Waals surface area contributed by atoms with E-state index in [1.807, 2.05) is 49.6 Å². The van der Waals surface area contributed by atoms with Crippen molar-refractivity contribution < 1.29 is 14.9 Å². The summed E-state index contributed by atoms with van der Waals surface area (Å²) in [4.78, 5) is 16.7. The van der Waals surface area contributed by atoms with E-state index in [9.17, 15) is 15.0 Å². The Balaban J connectivity index is 1.06. The normalized spacial score (nSPS) is 15.6. The first-order chi connectivity index (χ1) is 22.9. The van der Waals surface area contributed by atoms with E-state index in [1.54, 1.807) is 12.1 Å². The number of aromatic hydroxyl groups is 1. The molecule has 47 heavy (non-hydrogen) atoms. The van der Waals surface area contributed by atoms with Crippen LogP contribution in [0.2, 0.25) is 0 Å². The molecule has 8 nitrogen and oxygen atoms in total. The highest BCUT2D eigenvalue weighted by atomic mass is 16.5. The van der Waals surface area contributed by atoms with Crippen molar-refractivity contribution in [2.24, 2.45) is 5.92 Å². The van der Waals surface area contributed by atoms with Crippen LogP contribution in [0.4, 0.5) is 0 Å². The summed E-state index contributed by atoms with van der Waals surface area (Å²) >= 11 is 0. The fourth-order valence-corrected chi connectivity index (χ4v) is 6.96. The summed E-state index contributed by atoms with van der Waals surface area (Å²) < 4.78 is 6.36. The summed E-state index contributed by atoms with van der Waals surface area (Å²) in [6.07, 6.45) is 17.1. The quantitative estimate of drug-likeness (QED) is 0.0658. The summed E-state index contributed by atoms with van der Waals surface area (Å²) in [6, 6.07) is 17.0. The average Bonchev–Trinajstić information content (AvgIpc) is 3.09. The molecule has 1 aliphatic carbocycles. The van der Waals surface area contributed by atoms with Crippen LogP contribution in [-0.4, -0.2) is 67.0 Å². The Labute approximate surface area is 281 Å². The Kier molecular flexibility index (Phi) is 15.1. The third-order valence-corrected chi connectivity index (χ3v) is 9.69. The Bertz CT molecular complexity index is 1420. The standard InChI is InChI=1S/C39H58N4O4/c1-40-28-34(47-30-39(46,32-16-10-8-11-17-32)33-18-12-9-13-19-33)29-43(2)27-15-7-5-3-4-6-14-25-41-26-24-31-20-22-36(44)38-35(31)21-23-37(45)42-38/h8,10-11,16-17,20-23,28,33,40-41,44,46H,3-7,9,12-15,18-19,24-27,29-30H2,1-2H3,(H,42,45)/b34-28-. The lowest BCUT2D eigenvalue weighted by Gasteiger charge is -2.39. The lowest BCUT2D eigenvalue weighted by atomic mass is 9.74. The molecule has 0 amide bonds. The molecule has 0 saturated heterocycles. The number of ether oxygens (including phenoxy) is 1. The molecule has 0 bridgehead atoms. The molecule has 0 aliphatic heterocycles. The van der Waals surface area contributed by atoms with Crippen LogP contribution in [0.1, 0.15) is 88.2 Å². The highest BCUT2D eigenvalue weighted by Gasteiger charge is 2.40. The Morgan fingerprint density at radius 3 is 2.43 bits per heavy atom. The number of likely N-dealkylation sites (N-methyl/N-ethyl adjacent to an activating group) is 1. The van der Waals surface area contributed by atoms with Gasteiger partial charge in [-0.2, -0.15) is 0 Å². The fraction of sp³-hybridized carbons (Fsp3) is 0.564. The second-order valence-corrected chi connectivity index (χ2v) is 13.4. The molecule has 5 N–H and O–H groups in total.